The molecular formula is C25H33N3O3. The summed E-state index contributed by atoms with van der Waals surface area (Å²) in [5.74, 6) is 5.47. The number of nitrogens with two attached hydrogens (primary N) is 1. The van der Waals surface area contributed by atoms with Crippen LogP contribution in [0.2, 0.25) is 0 Å². The Morgan fingerprint density at radius 1 is 1.16 bits per heavy atom. The number of carboxylic acids is 1. The Bertz CT molecular complexity index is 1020. The molecule has 0 spiro atoms. The fourth-order valence-corrected chi connectivity index (χ4v) is 5.03. The van der Waals surface area contributed by atoms with Crippen LogP contribution in [0.15, 0.2) is 24.3 Å². The maximum absolute atomic E-state index is 12.5. The summed E-state index contributed by atoms with van der Waals surface area (Å²) in [4.78, 5) is 14.9. The first-order valence-corrected chi connectivity index (χ1v) is 11.0. The average Bonchev–Trinajstić information content (AvgIpc) is 3.00. The van der Waals surface area contributed by atoms with Crippen molar-refractivity contribution in [2.24, 2.45) is 5.84 Å². The molecule has 2 atom stereocenters. The van der Waals surface area contributed by atoms with Gasteiger partial charge in [-0.1, -0.05) is 29.8 Å². The van der Waals surface area contributed by atoms with E-state index in [0.717, 1.165) is 41.0 Å². The van der Waals surface area contributed by atoms with Crippen LogP contribution in [-0.4, -0.2) is 35.8 Å². The highest BCUT2D eigenvalue weighted by atomic mass is 16.5. The summed E-state index contributed by atoms with van der Waals surface area (Å²) in [6.45, 7) is 13.5. The predicted molar refractivity (Wildman–Crippen MR) is 125 cm³/mol. The van der Waals surface area contributed by atoms with Crippen molar-refractivity contribution in [1.29, 1.82) is 0 Å². The maximum Gasteiger partial charge on any atom is 0.337 e. The van der Waals surface area contributed by atoms with Crippen LogP contribution in [0.5, 0.6) is 0 Å². The van der Waals surface area contributed by atoms with Gasteiger partial charge in [-0.05, 0) is 70.2 Å². The van der Waals surface area contributed by atoms with E-state index >= 15 is 0 Å². The van der Waals surface area contributed by atoms with Gasteiger partial charge in [0.25, 0.3) is 0 Å². The highest BCUT2D eigenvalue weighted by Crippen LogP contribution is 2.52. The van der Waals surface area contributed by atoms with Gasteiger partial charge in [0.05, 0.1) is 23.5 Å². The third kappa shape index (κ3) is 3.68. The minimum atomic E-state index is -1.09. The number of ether oxygens (including phenoxy) is 1. The zero-order chi connectivity index (χ0) is 22.7. The van der Waals surface area contributed by atoms with Crippen molar-refractivity contribution in [2.45, 2.75) is 65.7 Å². The molecule has 0 aromatic heterocycles. The SMILES string of the molecule is Cc1ccc(-c2c3c4c(c(C)c2[C@H](OC(C)(C)C)C(=O)O)N(N)CCN4[C@@H](C)C3)cc1. The third-order valence-corrected chi connectivity index (χ3v) is 6.33. The second-order valence-electron chi connectivity index (χ2n) is 9.84. The highest BCUT2D eigenvalue weighted by molar-refractivity contribution is 5.94. The first-order chi connectivity index (χ1) is 14.5. The topological polar surface area (TPSA) is 79.0 Å². The molecule has 0 fully saturated rings. The van der Waals surface area contributed by atoms with Gasteiger partial charge in [-0.2, -0.15) is 0 Å². The number of hydrogen-bond acceptors (Lipinski definition) is 5. The van der Waals surface area contributed by atoms with E-state index in [1.54, 1.807) is 5.01 Å². The van der Waals surface area contributed by atoms with Crippen molar-refractivity contribution in [3.63, 3.8) is 0 Å². The second-order valence-corrected chi connectivity index (χ2v) is 9.84. The summed E-state index contributed by atoms with van der Waals surface area (Å²) in [6.07, 6.45) is -0.230. The molecule has 0 unspecified atom stereocenters. The number of carboxylic acid groups (broad SMARTS) is 1. The molecule has 0 saturated heterocycles. The molecule has 2 aliphatic rings. The number of rotatable bonds is 4. The number of hydrogen-bond donors (Lipinski definition) is 2. The lowest BCUT2D eigenvalue weighted by Crippen LogP contribution is -2.46. The first-order valence-electron chi connectivity index (χ1n) is 11.0. The van der Waals surface area contributed by atoms with Gasteiger partial charge in [-0.3, -0.25) is 0 Å². The Labute approximate surface area is 184 Å². The van der Waals surface area contributed by atoms with Gasteiger partial charge in [0, 0.05) is 18.2 Å². The van der Waals surface area contributed by atoms with Crippen molar-refractivity contribution < 1.29 is 14.6 Å². The molecule has 31 heavy (non-hydrogen) atoms. The fourth-order valence-electron chi connectivity index (χ4n) is 5.03. The number of anilines is 2. The van der Waals surface area contributed by atoms with Crippen molar-refractivity contribution in [3.8, 4) is 11.1 Å². The number of benzene rings is 2. The molecule has 6 nitrogen and oxygen atoms in total. The molecule has 4 rings (SSSR count). The molecule has 3 N–H and O–H groups in total. The minimum absolute atomic E-state index is 0.341. The van der Waals surface area contributed by atoms with Crippen LogP contribution < -0.4 is 15.8 Å². The van der Waals surface area contributed by atoms with E-state index in [1.807, 2.05) is 27.7 Å². The van der Waals surface area contributed by atoms with E-state index in [0.29, 0.717) is 18.2 Å². The molecule has 0 radical (unpaired) electrons. The van der Waals surface area contributed by atoms with Crippen LogP contribution in [0.1, 0.15) is 56.1 Å². The summed E-state index contributed by atoms with van der Waals surface area (Å²) in [6, 6.07) is 8.66. The molecule has 166 valence electrons. The van der Waals surface area contributed by atoms with Gasteiger partial charge in [0.15, 0.2) is 6.10 Å². The summed E-state index contributed by atoms with van der Waals surface area (Å²) in [5, 5.41) is 12.0. The van der Waals surface area contributed by atoms with E-state index < -0.39 is 17.7 Å². The monoisotopic (exact) mass is 423 g/mol. The van der Waals surface area contributed by atoms with E-state index in [2.05, 4.69) is 43.0 Å². The van der Waals surface area contributed by atoms with Crippen LogP contribution in [0.3, 0.4) is 0 Å². The normalized spacial score (nSPS) is 18.9. The number of carbonyl (C=O) groups is 1. The lowest BCUT2D eigenvalue weighted by atomic mass is 9.84. The summed E-state index contributed by atoms with van der Waals surface area (Å²) in [5.41, 5.74) is 7.41. The van der Waals surface area contributed by atoms with E-state index in [9.17, 15) is 9.90 Å². The number of hydrazine groups is 1. The van der Waals surface area contributed by atoms with Crippen molar-refractivity contribution in [3.05, 3.63) is 46.5 Å². The van der Waals surface area contributed by atoms with E-state index in [4.69, 9.17) is 10.6 Å². The first kappa shape index (κ1) is 21.7. The van der Waals surface area contributed by atoms with E-state index in [-0.39, 0.29) is 0 Å². The zero-order valence-electron chi connectivity index (χ0n) is 19.3. The molecule has 0 amide bonds. The Morgan fingerprint density at radius 3 is 2.39 bits per heavy atom. The van der Waals surface area contributed by atoms with E-state index in [1.165, 1.54) is 11.1 Å². The van der Waals surface area contributed by atoms with Gasteiger partial charge in [0.1, 0.15) is 0 Å². The van der Waals surface area contributed by atoms with Gasteiger partial charge < -0.3 is 19.8 Å². The van der Waals surface area contributed by atoms with Crippen molar-refractivity contribution in [1.82, 2.24) is 0 Å². The Morgan fingerprint density at radius 2 is 1.81 bits per heavy atom. The molecule has 0 aliphatic carbocycles. The molecule has 0 bridgehead atoms. The Balaban J connectivity index is 2.08. The standard InChI is InChI=1S/C25H33N3O3/c1-14-7-9-17(10-8-14)20-18-13-15(2)27-11-12-28(26)21(22(18)27)16(3)19(20)23(24(29)30)31-25(4,5)6/h7-10,15,23H,11-13,26H2,1-6H3,(H,29,30)/t15-,23-/m0/s1. The summed E-state index contributed by atoms with van der Waals surface area (Å²) in [7, 11) is 0. The van der Waals surface area contributed by atoms with Crippen molar-refractivity contribution in [2.75, 3.05) is 23.0 Å². The number of aliphatic carboxylic acids is 1. The van der Waals surface area contributed by atoms with Gasteiger partial charge in [-0.15, -0.1) is 0 Å². The predicted octanol–water partition coefficient (Wildman–Crippen LogP) is 4.36. The smallest absolute Gasteiger partial charge is 0.337 e. The fraction of sp³-hybridized carbons (Fsp3) is 0.480. The third-order valence-electron chi connectivity index (χ3n) is 6.33. The second kappa shape index (κ2) is 7.53. The Kier molecular flexibility index (Phi) is 5.26. The minimum Gasteiger partial charge on any atom is -0.479 e. The average molecular weight is 424 g/mol. The molecule has 2 aromatic carbocycles. The van der Waals surface area contributed by atoms with Crippen LogP contribution in [-0.2, 0) is 16.0 Å². The number of nitrogens with zero attached hydrogens (tertiary/aromatic N) is 2. The zero-order valence-corrected chi connectivity index (χ0v) is 19.3. The van der Waals surface area contributed by atoms with Gasteiger partial charge >= 0.3 is 5.97 Å². The molecule has 2 heterocycles. The molecule has 0 saturated carbocycles. The van der Waals surface area contributed by atoms with Crippen LogP contribution in [0, 0.1) is 13.8 Å². The molecule has 2 aromatic rings. The summed E-state index contributed by atoms with van der Waals surface area (Å²) < 4.78 is 6.15. The summed E-state index contributed by atoms with van der Waals surface area (Å²) >= 11 is 0. The van der Waals surface area contributed by atoms with Crippen LogP contribution in [0.4, 0.5) is 11.4 Å². The molecular weight excluding hydrogens is 390 g/mol. The lowest BCUT2D eigenvalue weighted by Gasteiger charge is -2.39. The molecule has 2 aliphatic heterocycles. The van der Waals surface area contributed by atoms with Crippen LogP contribution >= 0.6 is 0 Å². The van der Waals surface area contributed by atoms with Gasteiger partial charge in [0.2, 0.25) is 0 Å². The van der Waals surface area contributed by atoms with Crippen LogP contribution in [0.25, 0.3) is 11.1 Å². The highest BCUT2D eigenvalue weighted by Gasteiger charge is 2.41. The number of aryl methyl sites for hydroxylation is 1. The quantitative estimate of drug-likeness (QED) is 0.712. The molecule has 6 heteroatoms. The largest absolute Gasteiger partial charge is 0.479 e. The van der Waals surface area contributed by atoms with Gasteiger partial charge in [-0.25, -0.2) is 10.6 Å². The maximum atomic E-state index is 12.5. The lowest BCUT2D eigenvalue weighted by molar-refractivity contribution is -0.160. The van der Waals surface area contributed by atoms with Crippen molar-refractivity contribution >= 4 is 17.3 Å². The Hall–Kier alpha value is -2.57.